The Bertz CT molecular complexity index is 740. The van der Waals surface area contributed by atoms with Gasteiger partial charge < -0.3 is 14.8 Å². The average molecular weight is 355 g/mol. The third-order valence-corrected chi connectivity index (χ3v) is 4.43. The van der Waals surface area contributed by atoms with E-state index in [1.165, 1.54) is 5.56 Å². The molecule has 0 aliphatic carbocycles. The zero-order valence-electron chi connectivity index (χ0n) is 16.3. The summed E-state index contributed by atoms with van der Waals surface area (Å²) in [6.07, 6.45) is -0.560. The number of rotatable bonds is 8. The van der Waals surface area contributed by atoms with Crippen LogP contribution in [0.4, 0.5) is 0 Å². The molecule has 0 fully saturated rings. The summed E-state index contributed by atoms with van der Waals surface area (Å²) in [4.78, 5) is 12.3. The van der Waals surface area contributed by atoms with Gasteiger partial charge in [-0.15, -0.1) is 0 Å². The van der Waals surface area contributed by atoms with Crippen LogP contribution in [0.3, 0.4) is 0 Å². The number of para-hydroxylation sites is 1. The number of amides is 1. The Morgan fingerprint density at radius 3 is 2.42 bits per heavy atom. The minimum Gasteiger partial charge on any atom is -0.491 e. The van der Waals surface area contributed by atoms with Crippen molar-refractivity contribution in [3.05, 3.63) is 59.2 Å². The normalized spacial score (nSPS) is 11.9. The summed E-state index contributed by atoms with van der Waals surface area (Å²) >= 11 is 0. The monoisotopic (exact) mass is 355 g/mol. The van der Waals surface area contributed by atoms with Gasteiger partial charge in [0.1, 0.15) is 18.1 Å². The van der Waals surface area contributed by atoms with E-state index in [1.54, 1.807) is 6.92 Å². The van der Waals surface area contributed by atoms with E-state index in [2.05, 4.69) is 32.2 Å². The fourth-order valence-electron chi connectivity index (χ4n) is 2.67. The molecule has 0 radical (unpaired) electrons. The second-order valence-corrected chi connectivity index (χ2v) is 6.79. The minimum atomic E-state index is -0.560. The first-order chi connectivity index (χ1) is 12.4. The predicted molar refractivity (Wildman–Crippen MR) is 105 cm³/mol. The lowest BCUT2D eigenvalue weighted by atomic mass is 10.0. The Labute approximate surface area is 156 Å². The Kier molecular flexibility index (Phi) is 7.07. The van der Waals surface area contributed by atoms with E-state index in [9.17, 15) is 4.79 Å². The van der Waals surface area contributed by atoms with Crippen molar-refractivity contribution >= 4 is 5.91 Å². The Hall–Kier alpha value is -2.49. The maximum Gasteiger partial charge on any atom is 0.260 e. The molecule has 2 rings (SSSR count). The molecule has 1 atom stereocenters. The molecule has 2 aromatic rings. The summed E-state index contributed by atoms with van der Waals surface area (Å²) in [7, 11) is 0. The van der Waals surface area contributed by atoms with Crippen LogP contribution in [0.2, 0.25) is 0 Å². The molecule has 0 spiro atoms. The van der Waals surface area contributed by atoms with Crippen molar-refractivity contribution in [1.29, 1.82) is 0 Å². The van der Waals surface area contributed by atoms with Gasteiger partial charge in [-0.2, -0.15) is 0 Å². The topological polar surface area (TPSA) is 47.6 Å². The molecule has 1 N–H and O–H groups in total. The van der Waals surface area contributed by atoms with E-state index in [4.69, 9.17) is 9.47 Å². The van der Waals surface area contributed by atoms with Crippen LogP contribution < -0.4 is 14.8 Å². The third kappa shape index (κ3) is 5.25. The van der Waals surface area contributed by atoms with Crippen molar-refractivity contribution in [2.24, 2.45) is 0 Å². The van der Waals surface area contributed by atoms with E-state index >= 15 is 0 Å². The van der Waals surface area contributed by atoms with Gasteiger partial charge in [0.2, 0.25) is 0 Å². The van der Waals surface area contributed by atoms with Crippen molar-refractivity contribution < 1.29 is 14.3 Å². The van der Waals surface area contributed by atoms with Gasteiger partial charge in [0.25, 0.3) is 5.91 Å². The summed E-state index contributed by atoms with van der Waals surface area (Å²) in [6.45, 7) is 10.9. The highest BCUT2D eigenvalue weighted by Crippen LogP contribution is 2.26. The van der Waals surface area contributed by atoms with E-state index in [-0.39, 0.29) is 5.91 Å². The van der Waals surface area contributed by atoms with Crippen LogP contribution in [0.15, 0.2) is 42.5 Å². The number of benzene rings is 2. The number of hydrogen-bond donors (Lipinski definition) is 1. The molecule has 0 aliphatic heterocycles. The van der Waals surface area contributed by atoms with Gasteiger partial charge in [0.15, 0.2) is 6.10 Å². The Morgan fingerprint density at radius 1 is 1.00 bits per heavy atom. The van der Waals surface area contributed by atoms with Crippen molar-refractivity contribution in [2.45, 2.75) is 46.6 Å². The number of aryl methyl sites for hydroxylation is 1. The van der Waals surface area contributed by atoms with E-state index in [0.717, 1.165) is 22.6 Å². The lowest BCUT2D eigenvalue weighted by molar-refractivity contribution is -0.127. The smallest absolute Gasteiger partial charge is 0.260 e. The molecular formula is C22H29NO3. The summed E-state index contributed by atoms with van der Waals surface area (Å²) in [5.41, 5.74) is 3.42. The van der Waals surface area contributed by atoms with E-state index in [0.29, 0.717) is 19.1 Å². The van der Waals surface area contributed by atoms with Crippen LogP contribution in [-0.2, 0) is 4.79 Å². The molecule has 1 amide bonds. The van der Waals surface area contributed by atoms with Crippen molar-refractivity contribution in [3.8, 4) is 11.5 Å². The van der Waals surface area contributed by atoms with Gasteiger partial charge in [0, 0.05) is 0 Å². The highest BCUT2D eigenvalue weighted by atomic mass is 16.5. The summed E-state index contributed by atoms with van der Waals surface area (Å²) in [5.74, 6) is 1.81. The lowest BCUT2D eigenvalue weighted by Gasteiger charge is -2.19. The van der Waals surface area contributed by atoms with Gasteiger partial charge in [-0.1, -0.05) is 44.2 Å². The molecule has 4 nitrogen and oxygen atoms in total. The van der Waals surface area contributed by atoms with Gasteiger partial charge in [-0.25, -0.2) is 0 Å². The molecule has 4 heteroatoms. The second-order valence-electron chi connectivity index (χ2n) is 6.79. The second kappa shape index (κ2) is 9.27. The first-order valence-electron chi connectivity index (χ1n) is 9.12. The predicted octanol–water partition coefficient (Wildman–Crippen LogP) is 4.39. The number of nitrogens with one attached hydrogen (secondary N) is 1. The van der Waals surface area contributed by atoms with Gasteiger partial charge >= 0.3 is 0 Å². The Balaban J connectivity index is 1.82. The zero-order valence-corrected chi connectivity index (χ0v) is 16.3. The van der Waals surface area contributed by atoms with E-state index in [1.807, 2.05) is 43.3 Å². The fraction of sp³-hybridized carbons (Fsp3) is 0.409. The standard InChI is InChI=1S/C22H29NO3/c1-15(2)19-10-6-7-11-21(19)26-18(5)22(24)23-13-14-25-20-12-8-9-16(3)17(20)4/h6-12,15,18H,13-14H2,1-5H3,(H,23,24)/t18-/m0/s1. The molecule has 0 aromatic heterocycles. The summed E-state index contributed by atoms with van der Waals surface area (Å²) in [6, 6.07) is 13.8. The first kappa shape index (κ1) is 19.8. The molecule has 0 saturated heterocycles. The highest BCUT2D eigenvalue weighted by Gasteiger charge is 2.16. The molecule has 140 valence electrons. The van der Waals surface area contributed by atoms with Crippen LogP contribution in [0.5, 0.6) is 11.5 Å². The lowest BCUT2D eigenvalue weighted by Crippen LogP contribution is -2.38. The molecule has 0 aliphatic rings. The molecule has 0 heterocycles. The molecule has 26 heavy (non-hydrogen) atoms. The van der Waals surface area contributed by atoms with Crippen molar-refractivity contribution in [2.75, 3.05) is 13.2 Å². The molecular weight excluding hydrogens is 326 g/mol. The zero-order chi connectivity index (χ0) is 19.1. The highest BCUT2D eigenvalue weighted by molar-refractivity contribution is 5.80. The van der Waals surface area contributed by atoms with Crippen LogP contribution in [0.1, 0.15) is 43.4 Å². The molecule has 0 bridgehead atoms. The minimum absolute atomic E-state index is 0.145. The number of carbonyl (C=O) groups excluding carboxylic acids is 1. The Morgan fingerprint density at radius 2 is 1.69 bits per heavy atom. The largest absolute Gasteiger partial charge is 0.491 e. The molecule has 0 saturated carbocycles. The number of carbonyl (C=O) groups is 1. The van der Waals surface area contributed by atoms with Crippen molar-refractivity contribution in [1.82, 2.24) is 5.32 Å². The number of hydrogen-bond acceptors (Lipinski definition) is 3. The van der Waals surface area contributed by atoms with Crippen LogP contribution in [0, 0.1) is 13.8 Å². The van der Waals surface area contributed by atoms with E-state index < -0.39 is 6.10 Å². The van der Waals surface area contributed by atoms with Crippen molar-refractivity contribution in [3.63, 3.8) is 0 Å². The van der Waals surface area contributed by atoms with Gasteiger partial charge in [0.05, 0.1) is 6.54 Å². The quantitative estimate of drug-likeness (QED) is 0.715. The van der Waals surface area contributed by atoms with Gasteiger partial charge in [-0.05, 0) is 55.5 Å². The summed E-state index contributed by atoms with van der Waals surface area (Å²) in [5, 5.41) is 2.87. The SMILES string of the molecule is Cc1cccc(OCCNC(=O)[C@H](C)Oc2ccccc2C(C)C)c1C. The van der Waals surface area contributed by atoms with Gasteiger partial charge in [-0.3, -0.25) is 4.79 Å². The third-order valence-electron chi connectivity index (χ3n) is 4.43. The first-order valence-corrected chi connectivity index (χ1v) is 9.12. The van der Waals surface area contributed by atoms with Crippen LogP contribution in [-0.4, -0.2) is 25.2 Å². The maximum absolute atomic E-state index is 12.3. The maximum atomic E-state index is 12.3. The molecule has 0 unspecified atom stereocenters. The average Bonchev–Trinajstić information content (AvgIpc) is 2.62. The fourth-order valence-corrected chi connectivity index (χ4v) is 2.67. The number of ether oxygens (including phenoxy) is 2. The summed E-state index contributed by atoms with van der Waals surface area (Å²) < 4.78 is 11.6. The molecule has 2 aromatic carbocycles. The van der Waals surface area contributed by atoms with Crippen LogP contribution >= 0.6 is 0 Å². The van der Waals surface area contributed by atoms with Crippen LogP contribution in [0.25, 0.3) is 0 Å².